The topological polar surface area (TPSA) is 55.6 Å². The van der Waals surface area contributed by atoms with E-state index >= 15 is 0 Å². The van der Waals surface area contributed by atoms with Gasteiger partial charge in [-0.3, -0.25) is 4.79 Å². The van der Waals surface area contributed by atoms with E-state index in [0.717, 1.165) is 12.8 Å². The maximum atomic E-state index is 12.4. The Morgan fingerprint density at radius 3 is 2.59 bits per heavy atom. The van der Waals surface area contributed by atoms with Crippen LogP contribution in [0.25, 0.3) is 0 Å². The number of morpholine rings is 1. The summed E-state index contributed by atoms with van der Waals surface area (Å²) in [7, 11) is 0. The van der Waals surface area contributed by atoms with Crippen molar-refractivity contribution >= 4 is 5.91 Å². The molecule has 2 aliphatic rings. The molecule has 0 atom stereocenters. The molecule has 0 aromatic heterocycles. The molecule has 2 fully saturated rings. The number of rotatable bonds is 3. The molecule has 1 saturated carbocycles. The molecule has 0 aromatic carbocycles. The lowest BCUT2D eigenvalue weighted by molar-refractivity contribution is -0.150. The third-order valence-electron chi connectivity index (χ3n) is 4.32. The van der Waals surface area contributed by atoms with Gasteiger partial charge in [-0.15, -0.1) is 0 Å². The highest BCUT2D eigenvalue weighted by atomic mass is 16.5. The average Bonchev–Trinajstić information content (AvgIpc) is 2.22. The minimum atomic E-state index is -0.172. The summed E-state index contributed by atoms with van der Waals surface area (Å²) in [6.07, 6.45) is 4.06. The van der Waals surface area contributed by atoms with Crippen LogP contribution in [0.2, 0.25) is 0 Å². The molecular weight excluding hydrogens is 216 g/mol. The van der Waals surface area contributed by atoms with Crippen LogP contribution in [-0.4, -0.2) is 42.6 Å². The summed E-state index contributed by atoms with van der Waals surface area (Å²) in [5.74, 6) is 0.253. The van der Waals surface area contributed by atoms with Crippen LogP contribution in [0.4, 0.5) is 0 Å². The molecule has 0 unspecified atom stereocenters. The van der Waals surface area contributed by atoms with Crippen LogP contribution in [0, 0.1) is 5.41 Å². The Kier molecular flexibility index (Phi) is 3.46. The molecule has 2 rings (SSSR count). The molecule has 1 heterocycles. The van der Waals surface area contributed by atoms with Gasteiger partial charge in [0.15, 0.2) is 0 Å². The van der Waals surface area contributed by atoms with Gasteiger partial charge in [0, 0.05) is 13.0 Å². The van der Waals surface area contributed by atoms with Crippen LogP contribution in [-0.2, 0) is 9.53 Å². The predicted molar refractivity (Wildman–Crippen MR) is 66.6 cm³/mol. The van der Waals surface area contributed by atoms with Crippen LogP contribution in [0.15, 0.2) is 0 Å². The van der Waals surface area contributed by atoms with Crippen molar-refractivity contribution in [3.63, 3.8) is 0 Å². The number of ether oxygens (including phenoxy) is 1. The Labute approximate surface area is 103 Å². The second-order valence-corrected chi connectivity index (χ2v) is 6.14. The molecule has 4 nitrogen and oxygen atoms in total. The van der Waals surface area contributed by atoms with Gasteiger partial charge in [-0.05, 0) is 38.6 Å². The zero-order valence-electron chi connectivity index (χ0n) is 11.0. The van der Waals surface area contributed by atoms with Gasteiger partial charge in [0.05, 0.1) is 18.8 Å². The number of carbonyl (C=O) groups is 1. The molecule has 1 amide bonds. The first-order valence-corrected chi connectivity index (χ1v) is 6.57. The number of nitrogens with zero attached hydrogens (tertiary/aromatic N) is 1. The van der Waals surface area contributed by atoms with Gasteiger partial charge in [-0.1, -0.05) is 6.42 Å². The smallest absolute Gasteiger partial charge is 0.223 e. The molecule has 0 aromatic rings. The van der Waals surface area contributed by atoms with Crippen molar-refractivity contribution in [3.8, 4) is 0 Å². The Hall–Kier alpha value is -0.610. The Morgan fingerprint density at radius 1 is 1.41 bits per heavy atom. The van der Waals surface area contributed by atoms with Crippen LogP contribution in [0.1, 0.15) is 39.5 Å². The highest BCUT2D eigenvalue weighted by molar-refractivity contribution is 5.78. The first-order valence-electron chi connectivity index (χ1n) is 6.57. The van der Waals surface area contributed by atoms with Gasteiger partial charge in [-0.25, -0.2) is 0 Å². The summed E-state index contributed by atoms with van der Waals surface area (Å²) in [6, 6.07) is 0. The van der Waals surface area contributed by atoms with E-state index in [2.05, 4.69) is 13.8 Å². The average molecular weight is 240 g/mol. The molecule has 0 bridgehead atoms. The number of amides is 1. The van der Waals surface area contributed by atoms with E-state index in [9.17, 15) is 4.79 Å². The Balaban J connectivity index is 1.99. The standard InChI is InChI=1S/C13H24N2O2/c1-12(2)10-17-7-6-15(12)11(16)8-13(9-14)4-3-5-13/h3-10,14H2,1-2H3. The zero-order chi connectivity index (χ0) is 12.5. The number of hydrogen-bond acceptors (Lipinski definition) is 3. The molecule has 2 N–H and O–H groups in total. The molecule has 1 aliphatic carbocycles. The van der Waals surface area contributed by atoms with E-state index in [0.29, 0.717) is 32.7 Å². The first kappa shape index (κ1) is 12.8. The lowest BCUT2D eigenvalue weighted by Gasteiger charge is -2.46. The number of nitrogens with two attached hydrogens (primary N) is 1. The molecule has 4 heteroatoms. The lowest BCUT2D eigenvalue weighted by atomic mass is 9.66. The van der Waals surface area contributed by atoms with Crippen molar-refractivity contribution in [2.75, 3.05) is 26.3 Å². The van der Waals surface area contributed by atoms with Crippen LogP contribution >= 0.6 is 0 Å². The summed E-state index contributed by atoms with van der Waals surface area (Å²) >= 11 is 0. The van der Waals surface area contributed by atoms with E-state index < -0.39 is 0 Å². The van der Waals surface area contributed by atoms with Crippen LogP contribution < -0.4 is 5.73 Å². The van der Waals surface area contributed by atoms with Gasteiger partial charge in [0.25, 0.3) is 0 Å². The van der Waals surface area contributed by atoms with Crippen LogP contribution in [0.3, 0.4) is 0 Å². The maximum Gasteiger partial charge on any atom is 0.223 e. The largest absolute Gasteiger partial charge is 0.377 e. The fraction of sp³-hybridized carbons (Fsp3) is 0.923. The lowest BCUT2D eigenvalue weighted by Crippen LogP contribution is -2.57. The second kappa shape index (κ2) is 4.58. The van der Waals surface area contributed by atoms with E-state index in [-0.39, 0.29) is 16.9 Å². The van der Waals surface area contributed by atoms with Gasteiger partial charge in [0.1, 0.15) is 0 Å². The fourth-order valence-corrected chi connectivity index (χ4v) is 2.87. The van der Waals surface area contributed by atoms with Crippen molar-refractivity contribution in [1.29, 1.82) is 0 Å². The highest BCUT2D eigenvalue weighted by Crippen LogP contribution is 2.43. The van der Waals surface area contributed by atoms with Gasteiger partial charge in [0.2, 0.25) is 5.91 Å². The van der Waals surface area contributed by atoms with Gasteiger partial charge in [-0.2, -0.15) is 0 Å². The Morgan fingerprint density at radius 2 is 2.12 bits per heavy atom. The van der Waals surface area contributed by atoms with Crippen molar-refractivity contribution in [2.24, 2.45) is 11.1 Å². The zero-order valence-corrected chi connectivity index (χ0v) is 11.0. The normalized spacial score (nSPS) is 26.4. The molecule has 1 saturated heterocycles. The minimum absolute atomic E-state index is 0.103. The summed E-state index contributed by atoms with van der Waals surface area (Å²) in [4.78, 5) is 14.4. The monoisotopic (exact) mass is 240 g/mol. The minimum Gasteiger partial charge on any atom is -0.377 e. The van der Waals surface area contributed by atoms with Crippen LogP contribution in [0.5, 0.6) is 0 Å². The molecule has 1 aliphatic heterocycles. The summed E-state index contributed by atoms with van der Waals surface area (Å²) in [6.45, 7) is 6.79. The van der Waals surface area contributed by atoms with E-state index in [1.807, 2.05) is 4.90 Å². The third kappa shape index (κ3) is 2.47. The first-order chi connectivity index (χ1) is 7.99. The van der Waals surface area contributed by atoms with Gasteiger partial charge < -0.3 is 15.4 Å². The molecule has 17 heavy (non-hydrogen) atoms. The van der Waals surface area contributed by atoms with Gasteiger partial charge >= 0.3 is 0 Å². The van der Waals surface area contributed by atoms with Crippen molar-refractivity contribution in [3.05, 3.63) is 0 Å². The SMILES string of the molecule is CC1(C)COCCN1C(=O)CC1(CN)CCC1. The number of hydrogen-bond donors (Lipinski definition) is 1. The molecule has 98 valence electrons. The second-order valence-electron chi connectivity index (χ2n) is 6.14. The summed E-state index contributed by atoms with van der Waals surface area (Å²) < 4.78 is 5.44. The van der Waals surface area contributed by atoms with Crippen molar-refractivity contribution in [2.45, 2.75) is 45.1 Å². The highest BCUT2D eigenvalue weighted by Gasteiger charge is 2.41. The quantitative estimate of drug-likeness (QED) is 0.805. The predicted octanol–water partition coefficient (Wildman–Crippen LogP) is 1.14. The van der Waals surface area contributed by atoms with Crippen molar-refractivity contribution < 1.29 is 9.53 Å². The van der Waals surface area contributed by atoms with E-state index in [1.54, 1.807) is 0 Å². The van der Waals surface area contributed by atoms with E-state index in [1.165, 1.54) is 6.42 Å². The third-order valence-corrected chi connectivity index (χ3v) is 4.32. The molecule has 0 radical (unpaired) electrons. The maximum absolute atomic E-state index is 12.4. The Bertz CT molecular complexity index is 292. The number of carbonyl (C=O) groups excluding carboxylic acids is 1. The summed E-state index contributed by atoms with van der Waals surface area (Å²) in [5, 5.41) is 0. The summed E-state index contributed by atoms with van der Waals surface area (Å²) in [5.41, 5.74) is 5.75. The molecular formula is C13H24N2O2. The fourth-order valence-electron chi connectivity index (χ4n) is 2.87. The van der Waals surface area contributed by atoms with Crippen molar-refractivity contribution in [1.82, 2.24) is 4.90 Å². The molecule has 0 spiro atoms. The van der Waals surface area contributed by atoms with E-state index in [4.69, 9.17) is 10.5 Å².